The van der Waals surface area contributed by atoms with E-state index in [0.29, 0.717) is 23.3 Å². The van der Waals surface area contributed by atoms with Crippen LogP contribution in [0, 0.1) is 25.7 Å². The maximum Gasteiger partial charge on any atom is 0.320 e. The van der Waals surface area contributed by atoms with E-state index in [1.165, 1.54) is 24.2 Å². The van der Waals surface area contributed by atoms with Gasteiger partial charge in [0.15, 0.2) is 0 Å². The minimum atomic E-state index is -0.0455. The van der Waals surface area contributed by atoms with Gasteiger partial charge in [-0.1, -0.05) is 0 Å². The number of nitrogens with zero attached hydrogens (tertiary/aromatic N) is 3. The Labute approximate surface area is 153 Å². The zero-order valence-electron chi connectivity index (χ0n) is 15.5. The highest BCUT2D eigenvalue weighted by molar-refractivity contribution is 7.13. The van der Waals surface area contributed by atoms with Crippen molar-refractivity contribution in [3.63, 3.8) is 0 Å². The summed E-state index contributed by atoms with van der Waals surface area (Å²) in [6.07, 6.45) is 2.42. The predicted molar refractivity (Wildman–Crippen MR) is 98.9 cm³/mol. The molecule has 1 saturated carbocycles. The second kappa shape index (κ2) is 7.32. The fourth-order valence-corrected chi connectivity index (χ4v) is 4.63. The monoisotopic (exact) mass is 364 g/mol. The first-order valence-electron chi connectivity index (χ1n) is 9.23. The summed E-state index contributed by atoms with van der Waals surface area (Å²) in [6.45, 7) is 10.6. The highest BCUT2D eigenvalue weighted by Gasteiger charge is 2.45. The summed E-state index contributed by atoms with van der Waals surface area (Å²) < 4.78 is 0. The molecular weight excluding hydrogens is 336 g/mol. The van der Waals surface area contributed by atoms with Crippen molar-refractivity contribution in [2.24, 2.45) is 11.8 Å². The molecule has 1 aliphatic heterocycles. The molecule has 3 rings (SSSR count). The molecule has 2 heterocycles. The predicted octanol–water partition coefficient (Wildman–Crippen LogP) is 2.66. The second-order valence-corrected chi connectivity index (χ2v) is 8.29. The molecule has 0 radical (unpaired) electrons. The van der Waals surface area contributed by atoms with Crippen LogP contribution in [0.4, 0.5) is 4.79 Å². The van der Waals surface area contributed by atoms with Crippen LogP contribution >= 0.6 is 11.3 Å². The molecule has 1 saturated heterocycles. The summed E-state index contributed by atoms with van der Waals surface area (Å²) in [6, 6.07) is 0.138. The van der Waals surface area contributed by atoms with Crippen LogP contribution in [0.5, 0.6) is 0 Å². The number of thiazole rings is 1. The lowest BCUT2D eigenvalue weighted by Crippen LogP contribution is -2.44. The summed E-state index contributed by atoms with van der Waals surface area (Å²) in [7, 11) is 0. The molecule has 0 spiro atoms. The van der Waals surface area contributed by atoms with Crippen LogP contribution in [0.15, 0.2) is 0 Å². The lowest BCUT2D eigenvalue weighted by Gasteiger charge is -2.26. The van der Waals surface area contributed by atoms with E-state index in [2.05, 4.69) is 10.3 Å². The second-order valence-electron chi connectivity index (χ2n) is 7.09. The van der Waals surface area contributed by atoms with Gasteiger partial charge in [0.2, 0.25) is 0 Å². The Morgan fingerprint density at radius 3 is 2.44 bits per heavy atom. The third-order valence-corrected chi connectivity index (χ3v) is 6.39. The summed E-state index contributed by atoms with van der Waals surface area (Å²) in [4.78, 5) is 34.2. The van der Waals surface area contributed by atoms with Gasteiger partial charge in [-0.25, -0.2) is 9.78 Å². The normalized spacial score (nSPS) is 23.0. The first-order valence-corrected chi connectivity index (χ1v) is 10.0. The molecule has 1 aromatic rings. The van der Waals surface area contributed by atoms with E-state index in [1.54, 1.807) is 0 Å². The van der Waals surface area contributed by atoms with Gasteiger partial charge in [-0.2, -0.15) is 0 Å². The number of carbonyl (C=O) groups excluding carboxylic acids is 2. The number of amides is 3. The fourth-order valence-electron chi connectivity index (χ4n) is 3.81. The Morgan fingerprint density at radius 2 is 1.92 bits per heavy atom. The van der Waals surface area contributed by atoms with Crippen LogP contribution in [-0.4, -0.2) is 58.9 Å². The highest BCUT2D eigenvalue weighted by atomic mass is 32.1. The molecular formula is C18H28N4O2S. The Hall–Kier alpha value is -1.63. The molecule has 1 aliphatic carbocycles. The Bertz CT molecular complexity index is 652. The van der Waals surface area contributed by atoms with E-state index < -0.39 is 0 Å². The molecule has 2 atom stereocenters. The molecule has 0 bridgehead atoms. The average molecular weight is 365 g/mol. The minimum Gasteiger partial charge on any atom is -0.346 e. The topological polar surface area (TPSA) is 65.5 Å². The van der Waals surface area contributed by atoms with E-state index in [0.717, 1.165) is 30.3 Å². The van der Waals surface area contributed by atoms with E-state index in [4.69, 9.17) is 0 Å². The fraction of sp³-hybridized carbons (Fsp3) is 0.722. The number of urea groups is 1. The number of carbonyl (C=O) groups is 2. The summed E-state index contributed by atoms with van der Waals surface area (Å²) in [5.74, 6) is 0.970. The Balaban J connectivity index is 1.70. The van der Waals surface area contributed by atoms with Crippen LogP contribution in [-0.2, 0) is 0 Å². The summed E-state index contributed by atoms with van der Waals surface area (Å²) in [5.41, 5.74) is 0.789. The summed E-state index contributed by atoms with van der Waals surface area (Å²) in [5, 5.41) is 4.11. The van der Waals surface area contributed by atoms with Crippen LogP contribution in [0.1, 0.15) is 47.1 Å². The highest BCUT2D eigenvalue weighted by Crippen LogP contribution is 2.41. The van der Waals surface area contributed by atoms with Crippen molar-refractivity contribution in [1.29, 1.82) is 0 Å². The van der Waals surface area contributed by atoms with Gasteiger partial charge in [-0.15, -0.1) is 11.3 Å². The van der Waals surface area contributed by atoms with Crippen LogP contribution in [0.3, 0.4) is 0 Å². The zero-order chi connectivity index (χ0) is 18.1. The van der Waals surface area contributed by atoms with Crippen molar-refractivity contribution in [2.45, 2.75) is 46.6 Å². The average Bonchev–Trinajstić information content (AvgIpc) is 3.25. The van der Waals surface area contributed by atoms with Crippen molar-refractivity contribution in [1.82, 2.24) is 20.1 Å². The molecule has 25 heavy (non-hydrogen) atoms. The first kappa shape index (κ1) is 18.2. The molecule has 1 aromatic heterocycles. The molecule has 2 fully saturated rings. The Morgan fingerprint density at radius 1 is 1.24 bits per heavy atom. The maximum atomic E-state index is 12.7. The van der Waals surface area contributed by atoms with Gasteiger partial charge in [0, 0.05) is 32.1 Å². The number of hydrogen-bond donors (Lipinski definition) is 1. The van der Waals surface area contributed by atoms with Crippen molar-refractivity contribution in [3.8, 4) is 0 Å². The molecule has 3 amide bonds. The summed E-state index contributed by atoms with van der Waals surface area (Å²) >= 11 is 1.44. The largest absolute Gasteiger partial charge is 0.346 e. The molecule has 1 N–H and O–H groups in total. The van der Waals surface area contributed by atoms with Crippen LogP contribution < -0.4 is 5.32 Å². The van der Waals surface area contributed by atoms with Crippen LogP contribution in [0.25, 0.3) is 0 Å². The number of aryl methyl sites for hydroxylation is 2. The van der Waals surface area contributed by atoms with E-state index >= 15 is 0 Å². The van der Waals surface area contributed by atoms with Gasteiger partial charge < -0.3 is 15.1 Å². The molecule has 0 aromatic carbocycles. The zero-order valence-corrected chi connectivity index (χ0v) is 16.4. The van der Waals surface area contributed by atoms with Crippen molar-refractivity contribution < 1.29 is 9.59 Å². The lowest BCUT2D eigenvalue weighted by atomic mass is 9.98. The SMILES string of the molecule is CCN(CC)C(=O)N1C[C@H](NC(=O)c2sc(C)nc2C)[C@@H](C2CC2)C1. The number of aromatic nitrogens is 1. The molecule has 6 nitrogen and oxygen atoms in total. The molecule has 138 valence electrons. The van der Waals surface area contributed by atoms with Gasteiger partial charge in [0.25, 0.3) is 5.91 Å². The van der Waals surface area contributed by atoms with Crippen molar-refractivity contribution >= 4 is 23.3 Å². The van der Waals surface area contributed by atoms with E-state index in [9.17, 15) is 9.59 Å². The molecule has 0 unspecified atom stereocenters. The number of likely N-dealkylation sites (tertiary alicyclic amines) is 1. The van der Waals surface area contributed by atoms with Crippen molar-refractivity contribution in [2.75, 3.05) is 26.2 Å². The van der Waals surface area contributed by atoms with Gasteiger partial charge in [0.05, 0.1) is 16.7 Å². The maximum absolute atomic E-state index is 12.7. The standard InChI is InChI=1S/C18H28N4O2S/c1-5-21(6-2)18(24)22-9-14(13-7-8-13)15(10-22)20-17(23)16-11(3)19-12(4)25-16/h13-15H,5-10H2,1-4H3,(H,20,23)/t14-,15+/m1/s1. The number of nitrogens with one attached hydrogen (secondary N) is 1. The van der Waals surface area contributed by atoms with E-state index in [-0.39, 0.29) is 18.0 Å². The lowest BCUT2D eigenvalue weighted by molar-refractivity contribution is 0.0930. The van der Waals surface area contributed by atoms with Gasteiger partial charge in [0.1, 0.15) is 4.88 Å². The number of hydrogen-bond acceptors (Lipinski definition) is 4. The van der Waals surface area contributed by atoms with Gasteiger partial charge in [-0.3, -0.25) is 4.79 Å². The smallest absolute Gasteiger partial charge is 0.320 e. The number of rotatable bonds is 5. The van der Waals surface area contributed by atoms with Crippen LogP contribution in [0.2, 0.25) is 0 Å². The third-order valence-electron chi connectivity index (χ3n) is 5.32. The van der Waals surface area contributed by atoms with E-state index in [1.807, 2.05) is 37.5 Å². The first-order chi connectivity index (χ1) is 11.9. The van der Waals surface area contributed by atoms with Gasteiger partial charge in [-0.05, 0) is 46.5 Å². The third kappa shape index (κ3) is 3.81. The minimum absolute atomic E-state index is 0.0429. The van der Waals surface area contributed by atoms with Gasteiger partial charge >= 0.3 is 6.03 Å². The van der Waals surface area contributed by atoms with Crippen molar-refractivity contribution in [3.05, 3.63) is 15.6 Å². The molecule has 7 heteroatoms. The Kier molecular flexibility index (Phi) is 5.32. The molecule has 2 aliphatic rings. The quantitative estimate of drug-likeness (QED) is 0.873.